The molecule has 1 unspecified atom stereocenters. The molecular formula is C11H10ClNO2. The fraction of sp³-hybridized carbons (Fsp3) is 0.182. The molecule has 0 amide bonds. The summed E-state index contributed by atoms with van der Waals surface area (Å²) >= 11 is 5.70. The Balaban J connectivity index is 2.08. The molecule has 0 saturated carbocycles. The molecule has 0 radical (unpaired) electrons. The Labute approximate surface area is 92.3 Å². The Hall–Kier alpha value is -1.32. The van der Waals surface area contributed by atoms with E-state index in [1.807, 2.05) is 6.07 Å². The second-order valence-corrected chi connectivity index (χ2v) is 3.69. The first-order valence-corrected chi connectivity index (χ1v) is 4.94. The van der Waals surface area contributed by atoms with Gasteiger partial charge in [0.1, 0.15) is 6.10 Å². The first-order chi connectivity index (χ1) is 7.25. The normalized spacial score (nSPS) is 12.7. The number of halogens is 1. The summed E-state index contributed by atoms with van der Waals surface area (Å²) in [5.41, 5.74) is 1.56. The molecular weight excluding hydrogens is 214 g/mol. The van der Waals surface area contributed by atoms with Crippen LogP contribution in [0.5, 0.6) is 0 Å². The average Bonchev–Trinajstić information content (AvgIpc) is 2.71. The van der Waals surface area contributed by atoms with Crippen LogP contribution >= 0.6 is 11.6 Å². The topological polar surface area (TPSA) is 46.3 Å². The van der Waals surface area contributed by atoms with E-state index in [1.54, 1.807) is 24.7 Å². The standard InChI is InChI=1S/C11H10ClNO2/c12-9-1-2-10(13-6-9)11(14)5-8-3-4-15-7-8/h1-4,6-7,11,14H,5H2. The van der Waals surface area contributed by atoms with Crippen LogP contribution in [0.25, 0.3) is 0 Å². The highest BCUT2D eigenvalue weighted by atomic mass is 35.5. The van der Waals surface area contributed by atoms with Crippen molar-refractivity contribution >= 4 is 11.6 Å². The van der Waals surface area contributed by atoms with Crippen LogP contribution < -0.4 is 0 Å². The molecule has 15 heavy (non-hydrogen) atoms. The molecule has 78 valence electrons. The zero-order valence-corrected chi connectivity index (χ0v) is 8.69. The van der Waals surface area contributed by atoms with Gasteiger partial charge in [-0.2, -0.15) is 0 Å². The third kappa shape index (κ3) is 2.58. The third-order valence-corrected chi connectivity index (χ3v) is 2.32. The van der Waals surface area contributed by atoms with Crippen molar-refractivity contribution in [2.45, 2.75) is 12.5 Å². The molecule has 2 rings (SSSR count). The Morgan fingerprint density at radius 2 is 2.27 bits per heavy atom. The summed E-state index contributed by atoms with van der Waals surface area (Å²) in [5.74, 6) is 0. The number of hydrogen-bond donors (Lipinski definition) is 1. The van der Waals surface area contributed by atoms with Crippen LogP contribution in [0.15, 0.2) is 41.3 Å². The lowest BCUT2D eigenvalue weighted by Crippen LogP contribution is -2.03. The van der Waals surface area contributed by atoms with Crippen molar-refractivity contribution < 1.29 is 9.52 Å². The average molecular weight is 224 g/mol. The molecule has 0 fully saturated rings. The summed E-state index contributed by atoms with van der Waals surface area (Å²) in [6, 6.07) is 5.24. The molecule has 1 atom stereocenters. The van der Waals surface area contributed by atoms with Gasteiger partial charge in [0, 0.05) is 12.6 Å². The Morgan fingerprint density at radius 3 is 2.87 bits per heavy atom. The van der Waals surface area contributed by atoms with Crippen molar-refractivity contribution in [2.75, 3.05) is 0 Å². The lowest BCUT2D eigenvalue weighted by Gasteiger charge is -2.07. The largest absolute Gasteiger partial charge is 0.472 e. The quantitative estimate of drug-likeness (QED) is 0.870. The minimum atomic E-state index is -0.625. The Bertz CT molecular complexity index is 411. The highest BCUT2D eigenvalue weighted by Gasteiger charge is 2.10. The van der Waals surface area contributed by atoms with Crippen molar-refractivity contribution in [3.8, 4) is 0 Å². The van der Waals surface area contributed by atoms with Crippen molar-refractivity contribution in [1.82, 2.24) is 4.98 Å². The summed E-state index contributed by atoms with van der Waals surface area (Å²) in [5, 5.41) is 10.4. The van der Waals surface area contributed by atoms with E-state index in [-0.39, 0.29) is 0 Å². The summed E-state index contributed by atoms with van der Waals surface area (Å²) in [6.45, 7) is 0. The summed E-state index contributed by atoms with van der Waals surface area (Å²) in [4.78, 5) is 4.05. The number of hydrogen-bond acceptors (Lipinski definition) is 3. The number of pyridine rings is 1. The van der Waals surface area contributed by atoms with Gasteiger partial charge in [-0.3, -0.25) is 4.98 Å². The summed E-state index contributed by atoms with van der Waals surface area (Å²) in [6.07, 6.45) is 4.58. The molecule has 0 aliphatic heterocycles. The molecule has 0 saturated heterocycles. The van der Waals surface area contributed by atoms with E-state index in [9.17, 15) is 5.11 Å². The fourth-order valence-corrected chi connectivity index (χ4v) is 1.43. The predicted octanol–water partition coefficient (Wildman–Crippen LogP) is 2.60. The number of aromatic nitrogens is 1. The van der Waals surface area contributed by atoms with Gasteiger partial charge in [0.15, 0.2) is 0 Å². The van der Waals surface area contributed by atoms with Crippen molar-refractivity contribution in [2.24, 2.45) is 0 Å². The van der Waals surface area contributed by atoms with Gasteiger partial charge in [-0.25, -0.2) is 0 Å². The van der Waals surface area contributed by atoms with E-state index >= 15 is 0 Å². The summed E-state index contributed by atoms with van der Waals surface area (Å²) < 4.78 is 4.92. The molecule has 0 aliphatic rings. The lowest BCUT2D eigenvalue weighted by molar-refractivity contribution is 0.173. The van der Waals surface area contributed by atoms with E-state index in [1.165, 1.54) is 6.20 Å². The third-order valence-electron chi connectivity index (χ3n) is 2.10. The van der Waals surface area contributed by atoms with Gasteiger partial charge < -0.3 is 9.52 Å². The second kappa shape index (κ2) is 4.47. The second-order valence-electron chi connectivity index (χ2n) is 3.25. The molecule has 2 aromatic heterocycles. The first kappa shape index (κ1) is 10.2. The molecule has 4 heteroatoms. The van der Waals surface area contributed by atoms with Crippen molar-refractivity contribution in [3.05, 3.63) is 53.2 Å². The van der Waals surface area contributed by atoms with Crippen LogP contribution in [-0.2, 0) is 6.42 Å². The van der Waals surface area contributed by atoms with Gasteiger partial charge in [0.2, 0.25) is 0 Å². The zero-order chi connectivity index (χ0) is 10.7. The fourth-order valence-electron chi connectivity index (χ4n) is 1.32. The van der Waals surface area contributed by atoms with Gasteiger partial charge in [-0.1, -0.05) is 11.6 Å². The molecule has 0 aromatic carbocycles. The number of aliphatic hydroxyl groups excluding tert-OH is 1. The highest BCUT2D eigenvalue weighted by Crippen LogP contribution is 2.17. The SMILES string of the molecule is OC(Cc1ccoc1)c1ccc(Cl)cn1. The minimum Gasteiger partial charge on any atom is -0.472 e. The van der Waals surface area contributed by atoms with Gasteiger partial charge >= 0.3 is 0 Å². The Morgan fingerprint density at radius 1 is 1.40 bits per heavy atom. The van der Waals surface area contributed by atoms with E-state index in [0.29, 0.717) is 17.1 Å². The number of nitrogens with zero attached hydrogens (tertiary/aromatic N) is 1. The van der Waals surface area contributed by atoms with Gasteiger partial charge in [-0.15, -0.1) is 0 Å². The van der Waals surface area contributed by atoms with Crippen LogP contribution in [0.2, 0.25) is 5.02 Å². The smallest absolute Gasteiger partial charge is 0.100 e. The van der Waals surface area contributed by atoms with E-state index < -0.39 is 6.10 Å². The molecule has 1 N–H and O–H groups in total. The minimum absolute atomic E-state index is 0.491. The van der Waals surface area contributed by atoms with Crippen LogP contribution in [0.1, 0.15) is 17.4 Å². The molecule has 2 heterocycles. The van der Waals surface area contributed by atoms with Gasteiger partial charge in [-0.05, 0) is 23.8 Å². The molecule has 3 nitrogen and oxygen atoms in total. The van der Waals surface area contributed by atoms with E-state index in [4.69, 9.17) is 16.0 Å². The van der Waals surface area contributed by atoms with Gasteiger partial charge in [0.05, 0.1) is 23.2 Å². The molecule has 0 bridgehead atoms. The van der Waals surface area contributed by atoms with Crippen LogP contribution in [0.3, 0.4) is 0 Å². The zero-order valence-electron chi connectivity index (χ0n) is 7.93. The van der Waals surface area contributed by atoms with Gasteiger partial charge in [0.25, 0.3) is 0 Å². The lowest BCUT2D eigenvalue weighted by atomic mass is 10.1. The van der Waals surface area contributed by atoms with Crippen molar-refractivity contribution in [1.29, 1.82) is 0 Å². The number of aliphatic hydroxyl groups is 1. The first-order valence-electron chi connectivity index (χ1n) is 4.56. The maximum atomic E-state index is 9.84. The van der Waals surface area contributed by atoms with E-state index in [2.05, 4.69) is 4.98 Å². The molecule has 0 aliphatic carbocycles. The monoisotopic (exact) mass is 223 g/mol. The highest BCUT2D eigenvalue weighted by molar-refractivity contribution is 6.30. The predicted molar refractivity (Wildman–Crippen MR) is 56.6 cm³/mol. The molecule has 2 aromatic rings. The maximum absolute atomic E-state index is 9.84. The van der Waals surface area contributed by atoms with Crippen LogP contribution in [-0.4, -0.2) is 10.1 Å². The Kier molecular flexibility index (Phi) is 3.04. The van der Waals surface area contributed by atoms with Crippen LogP contribution in [0, 0.1) is 0 Å². The number of furan rings is 1. The number of rotatable bonds is 3. The summed E-state index contributed by atoms with van der Waals surface area (Å²) in [7, 11) is 0. The maximum Gasteiger partial charge on any atom is 0.100 e. The van der Waals surface area contributed by atoms with E-state index in [0.717, 1.165) is 5.56 Å². The molecule has 0 spiro atoms. The van der Waals surface area contributed by atoms with Crippen LogP contribution in [0.4, 0.5) is 0 Å². The van der Waals surface area contributed by atoms with Crippen molar-refractivity contribution in [3.63, 3.8) is 0 Å².